The van der Waals surface area contributed by atoms with Gasteiger partial charge in [0, 0.05) is 18.1 Å². The van der Waals surface area contributed by atoms with Gasteiger partial charge >= 0.3 is 0 Å². The number of fused-ring (bicyclic) bond motifs is 1. The van der Waals surface area contributed by atoms with E-state index in [-0.39, 0.29) is 0 Å². The van der Waals surface area contributed by atoms with Crippen molar-refractivity contribution >= 4 is 22.5 Å². The molecule has 0 aliphatic heterocycles. The molecule has 84 valence electrons. The Labute approximate surface area is 99.4 Å². The Morgan fingerprint density at radius 3 is 3.06 bits per heavy atom. The van der Waals surface area contributed by atoms with Crippen molar-refractivity contribution in [3.63, 3.8) is 0 Å². The van der Waals surface area contributed by atoms with E-state index in [1.165, 1.54) is 0 Å². The molecule has 1 N–H and O–H groups in total. The largest absolute Gasteiger partial charge is 0.490 e. The van der Waals surface area contributed by atoms with E-state index >= 15 is 0 Å². The van der Waals surface area contributed by atoms with Crippen molar-refractivity contribution in [1.82, 2.24) is 10.3 Å². The van der Waals surface area contributed by atoms with Gasteiger partial charge in [-0.1, -0.05) is 11.6 Å². The second-order valence-electron chi connectivity index (χ2n) is 3.40. The third kappa shape index (κ3) is 2.26. The number of benzene rings is 1. The Hall–Kier alpha value is -1.32. The fraction of sp³-hybridized carbons (Fsp3) is 0.250. The molecular formula is C12H13ClN2O. The van der Waals surface area contributed by atoms with E-state index in [1.54, 1.807) is 6.20 Å². The van der Waals surface area contributed by atoms with E-state index in [9.17, 15) is 0 Å². The van der Waals surface area contributed by atoms with Crippen LogP contribution < -0.4 is 10.1 Å². The van der Waals surface area contributed by atoms with Crippen LogP contribution >= 0.6 is 11.6 Å². The number of nitrogens with one attached hydrogen (secondary N) is 1. The maximum absolute atomic E-state index is 6.08. The number of hydrogen-bond acceptors (Lipinski definition) is 3. The van der Waals surface area contributed by atoms with Crippen molar-refractivity contribution in [2.45, 2.75) is 0 Å². The second kappa shape index (κ2) is 5.14. The number of pyridine rings is 1. The molecule has 0 atom stereocenters. The molecule has 1 aromatic carbocycles. The molecule has 0 aliphatic rings. The molecule has 0 spiro atoms. The van der Waals surface area contributed by atoms with Crippen LogP contribution in [0.1, 0.15) is 0 Å². The molecule has 0 aliphatic carbocycles. The Bertz CT molecular complexity index is 487. The number of hydrogen-bond donors (Lipinski definition) is 1. The van der Waals surface area contributed by atoms with Crippen molar-refractivity contribution in [3.8, 4) is 5.75 Å². The molecule has 2 aromatic rings. The molecule has 1 aromatic heterocycles. The standard InChI is InChI=1S/C12H13ClN2O/c1-14-7-8-16-11-5-4-10(13)9-3-2-6-15-12(9)11/h2-6,14H,7-8H2,1H3. The maximum atomic E-state index is 6.08. The van der Waals surface area contributed by atoms with Gasteiger partial charge in [-0.05, 0) is 31.3 Å². The number of likely N-dealkylation sites (N-methyl/N-ethyl adjacent to an activating group) is 1. The first-order chi connectivity index (χ1) is 7.83. The lowest BCUT2D eigenvalue weighted by Crippen LogP contribution is -2.16. The van der Waals surface area contributed by atoms with Gasteiger partial charge in [0.05, 0.1) is 5.02 Å². The van der Waals surface area contributed by atoms with Crippen LogP contribution in [-0.4, -0.2) is 25.2 Å². The molecule has 0 radical (unpaired) electrons. The van der Waals surface area contributed by atoms with Crippen molar-refractivity contribution in [3.05, 3.63) is 35.5 Å². The monoisotopic (exact) mass is 236 g/mol. The molecule has 0 bridgehead atoms. The highest BCUT2D eigenvalue weighted by Crippen LogP contribution is 2.29. The molecule has 0 saturated heterocycles. The lowest BCUT2D eigenvalue weighted by molar-refractivity contribution is 0.321. The van der Waals surface area contributed by atoms with Crippen molar-refractivity contribution < 1.29 is 4.74 Å². The highest BCUT2D eigenvalue weighted by atomic mass is 35.5. The molecule has 0 fully saturated rings. The Morgan fingerprint density at radius 1 is 1.38 bits per heavy atom. The van der Waals surface area contributed by atoms with Crippen LogP contribution in [0, 0.1) is 0 Å². The van der Waals surface area contributed by atoms with Crippen LogP contribution in [-0.2, 0) is 0 Å². The smallest absolute Gasteiger partial charge is 0.145 e. The average molecular weight is 237 g/mol. The second-order valence-corrected chi connectivity index (χ2v) is 3.80. The van der Waals surface area contributed by atoms with Gasteiger partial charge in [0.1, 0.15) is 17.9 Å². The number of halogens is 1. The van der Waals surface area contributed by atoms with Crippen LogP contribution in [0.3, 0.4) is 0 Å². The zero-order valence-corrected chi connectivity index (χ0v) is 9.79. The normalized spacial score (nSPS) is 10.6. The van der Waals surface area contributed by atoms with Gasteiger partial charge in [-0.15, -0.1) is 0 Å². The fourth-order valence-corrected chi connectivity index (χ4v) is 1.71. The van der Waals surface area contributed by atoms with E-state index in [4.69, 9.17) is 16.3 Å². The minimum absolute atomic E-state index is 0.615. The predicted molar refractivity (Wildman–Crippen MR) is 66.2 cm³/mol. The lowest BCUT2D eigenvalue weighted by atomic mass is 10.2. The van der Waals surface area contributed by atoms with Gasteiger partial charge in [-0.25, -0.2) is 0 Å². The maximum Gasteiger partial charge on any atom is 0.145 e. The van der Waals surface area contributed by atoms with E-state index in [0.717, 1.165) is 23.2 Å². The zero-order valence-electron chi connectivity index (χ0n) is 9.03. The summed E-state index contributed by atoms with van der Waals surface area (Å²) in [6, 6.07) is 7.49. The molecule has 0 unspecified atom stereocenters. The minimum Gasteiger partial charge on any atom is -0.490 e. The van der Waals surface area contributed by atoms with Crippen molar-refractivity contribution in [2.24, 2.45) is 0 Å². The van der Waals surface area contributed by atoms with Crippen LogP contribution in [0.15, 0.2) is 30.5 Å². The van der Waals surface area contributed by atoms with Gasteiger partial charge in [-0.3, -0.25) is 4.98 Å². The topological polar surface area (TPSA) is 34.1 Å². The van der Waals surface area contributed by atoms with Crippen LogP contribution in [0.2, 0.25) is 5.02 Å². The van der Waals surface area contributed by atoms with Crippen molar-refractivity contribution in [1.29, 1.82) is 0 Å². The Balaban J connectivity index is 2.35. The lowest BCUT2D eigenvalue weighted by Gasteiger charge is -2.09. The summed E-state index contributed by atoms with van der Waals surface area (Å²) < 4.78 is 5.63. The number of ether oxygens (including phenoxy) is 1. The first-order valence-corrected chi connectivity index (χ1v) is 5.51. The van der Waals surface area contributed by atoms with Crippen LogP contribution in [0.25, 0.3) is 10.9 Å². The summed E-state index contributed by atoms with van der Waals surface area (Å²) in [7, 11) is 1.89. The van der Waals surface area contributed by atoms with Crippen LogP contribution in [0.4, 0.5) is 0 Å². The van der Waals surface area contributed by atoms with Gasteiger partial charge in [0.2, 0.25) is 0 Å². The quantitative estimate of drug-likeness (QED) is 0.829. The summed E-state index contributed by atoms with van der Waals surface area (Å²) in [6.45, 7) is 1.42. The van der Waals surface area contributed by atoms with E-state index in [2.05, 4.69) is 10.3 Å². The van der Waals surface area contributed by atoms with E-state index in [0.29, 0.717) is 11.6 Å². The fourth-order valence-electron chi connectivity index (χ4n) is 1.49. The molecule has 3 nitrogen and oxygen atoms in total. The average Bonchev–Trinajstić information content (AvgIpc) is 2.33. The number of rotatable bonds is 4. The first-order valence-electron chi connectivity index (χ1n) is 5.13. The highest BCUT2D eigenvalue weighted by molar-refractivity contribution is 6.35. The summed E-state index contributed by atoms with van der Waals surface area (Å²) >= 11 is 6.08. The molecule has 2 rings (SSSR count). The Morgan fingerprint density at radius 2 is 2.25 bits per heavy atom. The summed E-state index contributed by atoms with van der Waals surface area (Å²) in [5, 5.41) is 4.65. The number of nitrogens with zero attached hydrogens (tertiary/aromatic N) is 1. The minimum atomic E-state index is 0.615. The summed E-state index contributed by atoms with van der Waals surface area (Å²) in [5.41, 5.74) is 0.811. The number of aromatic nitrogens is 1. The Kier molecular flexibility index (Phi) is 3.59. The van der Waals surface area contributed by atoms with Crippen molar-refractivity contribution in [2.75, 3.05) is 20.2 Å². The first kappa shape index (κ1) is 11.2. The molecule has 1 heterocycles. The SMILES string of the molecule is CNCCOc1ccc(Cl)c2cccnc12. The third-order valence-corrected chi connectivity index (χ3v) is 2.62. The van der Waals surface area contributed by atoms with Gasteiger partial charge < -0.3 is 10.1 Å². The third-order valence-electron chi connectivity index (χ3n) is 2.29. The van der Waals surface area contributed by atoms with E-state index < -0.39 is 0 Å². The van der Waals surface area contributed by atoms with Gasteiger partial charge in [0.25, 0.3) is 0 Å². The van der Waals surface area contributed by atoms with Gasteiger partial charge in [-0.2, -0.15) is 0 Å². The highest BCUT2D eigenvalue weighted by Gasteiger charge is 2.05. The summed E-state index contributed by atoms with van der Waals surface area (Å²) in [5.74, 6) is 0.773. The van der Waals surface area contributed by atoms with Gasteiger partial charge in [0.15, 0.2) is 0 Å². The molecule has 0 saturated carbocycles. The van der Waals surface area contributed by atoms with E-state index in [1.807, 2.05) is 31.3 Å². The summed E-state index contributed by atoms with van der Waals surface area (Å²) in [4.78, 5) is 4.29. The zero-order chi connectivity index (χ0) is 11.4. The van der Waals surface area contributed by atoms with Crippen LogP contribution in [0.5, 0.6) is 5.75 Å². The molecular weight excluding hydrogens is 224 g/mol. The molecule has 16 heavy (non-hydrogen) atoms. The predicted octanol–water partition coefficient (Wildman–Crippen LogP) is 2.49. The molecule has 0 amide bonds. The summed E-state index contributed by atoms with van der Waals surface area (Å²) in [6.07, 6.45) is 1.74. The molecule has 4 heteroatoms.